The monoisotopic (exact) mass is 238 g/mol. The first-order valence-electron chi connectivity index (χ1n) is 4.73. The van der Waals surface area contributed by atoms with Crippen LogP contribution in [0.2, 0.25) is 0 Å². The van der Waals surface area contributed by atoms with Gasteiger partial charge in [-0.15, -0.1) is 0 Å². The maximum absolute atomic E-state index is 11.4. The van der Waals surface area contributed by atoms with E-state index < -0.39 is 16.8 Å². The average molecular weight is 238 g/mol. The maximum Gasteiger partial charge on any atom is 0.304 e. The fourth-order valence-corrected chi connectivity index (χ4v) is 1.94. The van der Waals surface area contributed by atoms with Crippen LogP contribution >= 0.6 is 0 Å². The highest BCUT2D eigenvalue weighted by Crippen LogP contribution is 2.01. The number of hydrogen-bond acceptors (Lipinski definition) is 4. The van der Waals surface area contributed by atoms with Gasteiger partial charge >= 0.3 is 5.97 Å². The zero-order valence-corrected chi connectivity index (χ0v) is 9.92. The molecule has 0 fully saturated rings. The Kier molecular flexibility index (Phi) is 8.55. The molecule has 0 aliphatic carbocycles. The topological polar surface area (TPSA) is 72.8 Å². The fraction of sp³-hybridized carbons (Fsp3) is 0.889. The van der Waals surface area contributed by atoms with Crippen LogP contribution in [0.3, 0.4) is 0 Å². The molecule has 90 valence electrons. The molecule has 0 aliphatic rings. The molecule has 1 N–H and O–H groups in total. The molecule has 0 saturated carbocycles. The first-order valence-corrected chi connectivity index (χ1v) is 6.11. The Hall–Kier alpha value is -0.460. The van der Waals surface area contributed by atoms with E-state index in [9.17, 15) is 9.00 Å². The Balaban J connectivity index is 3.51. The highest BCUT2D eigenvalue weighted by Gasteiger charge is 2.14. The van der Waals surface area contributed by atoms with E-state index in [-0.39, 0.29) is 11.7 Å². The van der Waals surface area contributed by atoms with Crippen LogP contribution in [0.4, 0.5) is 0 Å². The first kappa shape index (κ1) is 14.5. The van der Waals surface area contributed by atoms with Gasteiger partial charge in [0, 0.05) is 28.9 Å². The molecule has 0 aromatic rings. The van der Waals surface area contributed by atoms with E-state index in [1.807, 2.05) is 0 Å². The summed E-state index contributed by atoms with van der Waals surface area (Å²) in [5.41, 5.74) is 0. The lowest BCUT2D eigenvalue weighted by atomic mass is 10.3. The Bertz CT molecular complexity index is 207. The number of ether oxygens (including phenoxy) is 2. The van der Waals surface area contributed by atoms with Crippen molar-refractivity contribution in [1.82, 2.24) is 0 Å². The number of aliphatic carboxylic acids is 1. The van der Waals surface area contributed by atoms with Crippen LogP contribution in [0.25, 0.3) is 0 Å². The molecule has 0 aliphatic heterocycles. The third-order valence-electron chi connectivity index (χ3n) is 1.77. The second-order valence-electron chi connectivity index (χ2n) is 3.10. The van der Waals surface area contributed by atoms with Gasteiger partial charge in [-0.2, -0.15) is 0 Å². The van der Waals surface area contributed by atoms with Crippen molar-refractivity contribution in [3.05, 3.63) is 0 Å². The predicted octanol–water partition coefficient (Wildman–Crippen LogP) is 0.261. The molecule has 0 rings (SSSR count). The third-order valence-corrected chi connectivity index (χ3v) is 3.40. The minimum absolute atomic E-state index is 0.0648. The summed E-state index contributed by atoms with van der Waals surface area (Å²) < 4.78 is 21.4. The van der Waals surface area contributed by atoms with Crippen molar-refractivity contribution in [2.45, 2.75) is 18.6 Å². The van der Waals surface area contributed by atoms with Gasteiger partial charge in [0.15, 0.2) is 0 Å². The maximum atomic E-state index is 11.4. The molecule has 0 aromatic carbocycles. The van der Waals surface area contributed by atoms with Crippen LogP contribution in [0.15, 0.2) is 0 Å². The SMILES string of the molecule is COCCOCCS(=O)C(C)CC(=O)O. The molecule has 15 heavy (non-hydrogen) atoms. The van der Waals surface area contributed by atoms with Gasteiger partial charge in [0.05, 0.1) is 26.2 Å². The molecular weight excluding hydrogens is 220 g/mol. The number of methoxy groups -OCH3 is 1. The van der Waals surface area contributed by atoms with Crippen molar-refractivity contribution in [1.29, 1.82) is 0 Å². The predicted molar refractivity (Wildman–Crippen MR) is 57.4 cm³/mol. The number of hydrogen-bond donors (Lipinski definition) is 1. The summed E-state index contributed by atoms with van der Waals surface area (Å²) in [7, 11) is 0.442. The van der Waals surface area contributed by atoms with E-state index in [1.165, 1.54) is 0 Å². The van der Waals surface area contributed by atoms with Crippen molar-refractivity contribution < 1.29 is 23.6 Å². The summed E-state index contributed by atoms with van der Waals surface area (Å²) >= 11 is 0. The first-order chi connectivity index (χ1) is 7.07. The van der Waals surface area contributed by atoms with Gasteiger partial charge in [-0.3, -0.25) is 9.00 Å². The van der Waals surface area contributed by atoms with Gasteiger partial charge in [0.1, 0.15) is 0 Å². The molecule has 0 bridgehead atoms. The molecule has 0 radical (unpaired) electrons. The standard InChI is InChI=1S/C9H18O5S/c1-8(7-9(10)11)15(12)6-5-14-4-3-13-2/h8H,3-7H2,1-2H3,(H,10,11). The second-order valence-corrected chi connectivity index (χ2v) is 5.07. The number of carbonyl (C=O) groups is 1. The van der Waals surface area contributed by atoms with Gasteiger partial charge in [0.25, 0.3) is 0 Å². The summed E-state index contributed by atoms with van der Waals surface area (Å²) in [6.45, 7) is 3.03. The largest absolute Gasteiger partial charge is 0.481 e. The lowest BCUT2D eigenvalue weighted by Gasteiger charge is -2.08. The quantitative estimate of drug-likeness (QED) is 0.583. The number of carboxylic acids is 1. The Labute approximate surface area is 92.2 Å². The minimum Gasteiger partial charge on any atom is -0.481 e. The summed E-state index contributed by atoms with van der Waals surface area (Å²) in [4.78, 5) is 10.3. The minimum atomic E-state index is -1.14. The number of carboxylic acid groups (broad SMARTS) is 1. The average Bonchev–Trinajstić information content (AvgIpc) is 2.16. The van der Waals surface area contributed by atoms with Gasteiger partial charge < -0.3 is 14.6 Å². The van der Waals surface area contributed by atoms with Crippen molar-refractivity contribution >= 4 is 16.8 Å². The molecule has 2 unspecified atom stereocenters. The Morgan fingerprint density at radius 1 is 1.40 bits per heavy atom. The molecule has 0 spiro atoms. The van der Waals surface area contributed by atoms with Crippen molar-refractivity contribution in [3.8, 4) is 0 Å². The van der Waals surface area contributed by atoms with Crippen molar-refractivity contribution in [2.75, 3.05) is 32.7 Å². The van der Waals surface area contributed by atoms with Crippen LogP contribution in [0, 0.1) is 0 Å². The Morgan fingerprint density at radius 2 is 2.07 bits per heavy atom. The van der Waals surface area contributed by atoms with E-state index in [4.69, 9.17) is 14.6 Å². The molecule has 2 atom stereocenters. The zero-order valence-electron chi connectivity index (χ0n) is 9.10. The Morgan fingerprint density at radius 3 is 2.60 bits per heavy atom. The van der Waals surface area contributed by atoms with E-state index in [1.54, 1.807) is 14.0 Å². The van der Waals surface area contributed by atoms with Gasteiger partial charge in [-0.1, -0.05) is 6.92 Å². The van der Waals surface area contributed by atoms with E-state index in [2.05, 4.69) is 0 Å². The summed E-state index contributed by atoms with van der Waals surface area (Å²) in [5.74, 6) is -0.547. The van der Waals surface area contributed by atoms with Gasteiger partial charge in [0.2, 0.25) is 0 Å². The molecular formula is C9H18O5S. The van der Waals surface area contributed by atoms with Gasteiger partial charge in [-0.25, -0.2) is 0 Å². The molecule has 0 saturated heterocycles. The third kappa shape index (κ3) is 8.53. The van der Waals surface area contributed by atoms with Crippen LogP contribution in [-0.2, 0) is 25.1 Å². The van der Waals surface area contributed by atoms with E-state index in [0.29, 0.717) is 25.6 Å². The summed E-state index contributed by atoms with van der Waals surface area (Å²) in [5, 5.41) is 8.17. The molecule has 6 heteroatoms. The molecule has 0 aromatic heterocycles. The molecule has 0 heterocycles. The van der Waals surface area contributed by atoms with Crippen molar-refractivity contribution in [3.63, 3.8) is 0 Å². The number of rotatable bonds is 9. The normalized spacial score (nSPS) is 14.8. The van der Waals surface area contributed by atoms with Crippen LogP contribution in [-0.4, -0.2) is 53.2 Å². The van der Waals surface area contributed by atoms with E-state index in [0.717, 1.165) is 0 Å². The van der Waals surface area contributed by atoms with Gasteiger partial charge in [-0.05, 0) is 0 Å². The van der Waals surface area contributed by atoms with Crippen LogP contribution < -0.4 is 0 Å². The summed E-state index contributed by atoms with van der Waals surface area (Å²) in [6.07, 6.45) is -0.0648. The molecule has 0 amide bonds. The summed E-state index contributed by atoms with van der Waals surface area (Å²) in [6, 6.07) is 0. The lowest BCUT2D eigenvalue weighted by molar-refractivity contribution is -0.136. The van der Waals surface area contributed by atoms with E-state index >= 15 is 0 Å². The van der Waals surface area contributed by atoms with Crippen LogP contribution in [0.5, 0.6) is 0 Å². The second kappa shape index (κ2) is 8.82. The smallest absolute Gasteiger partial charge is 0.304 e. The highest BCUT2D eigenvalue weighted by atomic mass is 32.2. The molecule has 5 nitrogen and oxygen atoms in total. The zero-order chi connectivity index (χ0) is 11.7. The van der Waals surface area contributed by atoms with Crippen LogP contribution in [0.1, 0.15) is 13.3 Å². The fourth-order valence-electron chi connectivity index (χ4n) is 0.925. The van der Waals surface area contributed by atoms with Crippen molar-refractivity contribution in [2.24, 2.45) is 0 Å². The lowest BCUT2D eigenvalue weighted by Crippen LogP contribution is -2.20. The highest BCUT2D eigenvalue weighted by molar-refractivity contribution is 7.85.